The van der Waals surface area contributed by atoms with Gasteiger partial charge in [0.2, 0.25) is 0 Å². The highest BCUT2D eigenvalue weighted by Gasteiger charge is 2.39. The summed E-state index contributed by atoms with van der Waals surface area (Å²) in [6.07, 6.45) is 5.35. The largest absolute Gasteiger partial charge is 0.359 e. The fraction of sp³-hybridized carbons (Fsp3) is 0.500. The Labute approximate surface area is 130 Å². The molecule has 112 valence electrons. The summed E-state index contributed by atoms with van der Waals surface area (Å²) < 4.78 is 0. The number of nitrogens with one attached hydrogen (secondary N) is 3. The zero-order chi connectivity index (χ0) is 14.8. The third kappa shape index (κ3) is 3.18. The number of thiocarbonyl (C=S) groups is 1. The van der Waals surface area contributed by atoms with Gasteiger partial charge in [-0.1, -0.05) is 6.42 Å². The second kappa shape index (κ2) is 6.02. The zero-order valence-electron chi connectivity index (χ0n) is 12.2. The molecule has 0 aromatic heterocycles. The molecule has 1 amide bonds. The van der Waals surface area contributed by atoms with E-state index in [1.807, 2.05) is 12.1 Å². The molecule has 3 N–H and O–H groups in total. The Morgan fingerprint density at radius 1 is 1.19 bits per heavy atom. The molecule has 2 saturated carbocycles. The summed E-state index contributed by atoms with van der Waals surface area (Å²) >= 11 is 5.39. The van der Waals surface area contributed by atoms with Crippen molar-refractivity contribution in [2.24, 2.45) is 11.8 Å². The van der Waals surface area contributed by atoms with Crippen LogP contribution in [0.3, 0.4) is 0 Å². The highest BCUT2D eigenvalue weighted by molar-refractivity contribution is 7.80. The molecule has 0 aliphatic heterocycles. The molecular formula is C16H21N3OS. The lowest BCUT2D eigenvalue weighted by atomic mass is 9.96. The molecule has 2 aliphatic rings. The summed E-state index contributed by atoms with van der Waals surface area (Å²) in [6.45, 7) is 0. The molecule has 2 aliphatic carbocycles. The molecule has 0 heterocycles. The van der Waals surface area contributed by atoms with Gasteiger partial charge in [-0.3, -0.25) is 4.79 Å². The van der Waals surface area contributed by atoms with E-state index in [0.717, 1.165) is 17.5 Å². The molecule has 21 heavy (non-hydrogen) atoms. The van der Waals surface area contributed by atoms with Gasteiger partial charge in [0.25, 0.3) is 5.91 Å². The summed E-state index contributed by atoms with van der Waals surface area (Å²) in [4.78, 5) is 11.5. The summed E-state index contributed by atoms with van der Waals surface area (Å²) in [5.41, 5.74) is 1.55. The Bertz CT molecular complexity index is 543. The first-order chi connectivity index (χ1) is 10.2. The van der Waals surface area contributed by atoms with Crippen molar-refractivity contribution in [2.75, 3.05) is 12.4 Å². The number of rotatable bonds is 3. The number of fused-ring (bicyclic) bond motifs is 2. The molecule has 5 heteroatoms. The van der Waals surface area contributed by atoms with Crippen molar-refractivity contribution < 1.29 is 4.79 Å². The average Bonchev–Trinajstić information content (AvgIpc) is 3.09. The number of amides is 1. The van der Waals surface area contributed by atoms with Crippen LogP contribution < -0.4 is 16.0 Å². The predicted molar refractivity (Wildman–Crippen MR) is 88.4 cm³/mol. The highest BCUT2D eigenvalue weighted by atomic mass is 32.1. The molecule has 0 unspecified atom stereocenters. The maximum atomic E-state index is 11.5. The fourth-order valence-corrected chi connectivity index (χ4v) is 3.88. The van der Waals surface area contributed by atoms with E-state index < -0.39 is 0 Å². The van der Waals surface area contributed by atoms with Gasteiger partial charge in [0, 0.05) is 24.3 Å². The van der Waals surface area contributed by atoms with Crippen LogP contribution in [0.4, 0.5) is 5.69 Å². The second-order valence-electron chi connectivity index (χ2n) is 6.04. The first-order valence-electron chi connectivity index (χ1n) is 7.55. The molecule has 1 aromatic carbocycles. The van der Waals surface area contributed by atoms with Crippen LogP contribution in [-0.2, 0) is 0 Å². The van der Waals surface area contributed by atoms with Crippen molar-refractivity contribution in [3.63, 3.8) is 0 Å². The maximum Gasteiger partial charge on any atom is 0.251 e. The third-order valence-corrected chi connectivity index (χ3v) is 4.91. The molecular weight excluding hydrogens is 282 g/mol. The van der Waals surface area contributed by atoms with Crippen molar-refractivity contribution in [3.8, 4) is 0 Å². The van der Waals surface area contributed by atoms with Crippen LogP contribution in [0, 0.1) is 11.8 Å². The van der Waals surface area contributed by atoms with Crippen molar-refractivity contribution >= 4 is 28.9 Å². The van der Waals surface area contributed by atoms with Gasteiger partial charge in [-0.05, 0) is 67.6 Å². The van der Waals surface area contributed by atoms with Gasteiger partial charge in [0.15, 0.2) is 5.11 Å². The van der Waals surface area contributed by atoms with Crippen LogP contribution >= 0.6 is 12.2 Å². The van der Waals surface area contributed by atoms with E-state index in [4.69, 9.17) is 12.2 Å². The summed E-state index contributed by atoms with van der Waals surface area (Å²) in [5.74, 6) is 1.62. The van der Waals surface area contributed by atoms with Gasteiger partial charge in [-0.15, -0.1) is 0 Å². The van der Waals surface area contributed by atoms with Gasteiger partial charge < -0.3 is 16.0 Å². The van der Waals surface area contributed by atoms with E-state index in [-0.39, 0.29) is 5.91 Å². The summed E-state index contributed by atoms with van der Waals surface area (Å²) in [5, 5.41) is 9.94. The molecule has 2 bridgehead atoms. The number of carbonyl (C=O) groups excluding carboxylic acids is 1. The smallest absolute Gasteiger partial charge is 0.251 e. The van der Waals surface area contributed by atoms with Gasteiger partial charge in [0.05, 0.1) is 0 Å². The van der Waals surface area contributed by atoms with Crippen LogP contribution in [0.15, 0.2) is 24.3 Å². The first kappa shape index (κ1) is 14.3. The summed E-state index contributed by atoms with van der Waals surface area (Å²) in [7, 11) is 1.63. The average molecular weight is 303 g/mol. The Hall–Kier alpha value is -1.62. The van der Waals surface area contributed by atoms with Crippen molar-refractivity contribution in [3.05, 3.63) is 29.8 Å². The number of hydrogen-bond donors (Lipinski definition) is 3. The van der Waals surface area contributed by atoms with Crippen LogP contribution in [0.1, 0.15) is 36.0 Å². The molecule has 4 nitrogen and oxygen atoms in total. The molecule has 3 rings (SSSR count). The molecule has 0 saturated heterocycles. The highest BCUT2D eigenvalue weighted by Crippen LogP contribution is 2.44. The number of carbonyl (C=O) groups is 1. The van der Waals surface area contributed by atoms with Crippen LogP contribution in [0.2, 0.25) is 0 Å². The van der Waals surface area contributed by atoms with Crippen molar-refractivity contribution in [1.29, 1.82) is 0 Å². The normalized spacial score (nSPS) is 26.4. The van der Waals surface area contributed by atoms with Crippen molar-refractivity contribution in [2.45, 2.75) is 31.7 Å². The predicted octanol–water partition coefficient (Wildman–Crippen LogP) is 2.52. The molecule has 3 atom stereocenters. The monoisotopic (exact) mass is 303 g/mol. The van der Waals surface area contributed by atoms with E-state index in [2.05, 4.69) is 16.0 Å². The number of benzene rings is 1. The van der Waals surface area contributed by atoms with E-state index in [9.17, 15) is 4.79 Å². The Morgan fingerprint density at radius 2 is 1.95 bits per heavy atom. The molecule has 2 fully saturated rings. The van der Waals surface area contributed by atoms with Crippen LogP contribution in [-0.4, -0.2) is 24.1 Å². The summed E-state index contributed by atoms with van der Waals surface area (Å²) in [6, 6.07) is 7.87. The Balaban J connectivity index is 1.54. The minimum Gasteiger partial charge on any atom is -0.359 e. The lowest BCUT2D eigenvalue weighted by Crippen LogP contribution is -2.40. The maximum absolute atomic E-state index is 11.5. The lowest BCUT2D eigenvalue weighted by molar-refractivity contribution is 0.0963. The van der Waals surface area contributed by atoms with Gasteiger partial charge in [0.1, 0.15) is 0 Å². The van der Waals surface area contributed by atoms with Gasteiger partial charge in [-0.2, -0.15) is 0 Å². The van der Waals surface area contributed by atoms with Gasteiger partial charge in [-0.25, -0.2) is 0 Å². The van der Waals surface area contributed by atoms with E-state index in [0.29, 0.717) is 16.7 Å². The minimum absolute atomic E-state index is 0.0794. The quantitative estimate of drug-likeness (QED) is 0.751. The standard InChI is InChI=1S/C16H21N3OS/c1-17-15(20)11-4-6-13(7-5-11)18-16(21)19-14-9-10-2-3-12(14)8-10/h4-7,10,12,14H,2-3,8-9H2,1H3,(H,17,20)(H2,18,19,21)/t10-,12+,14-/m0/s1. The van der Waals surface area contributed by atoms with E-state index >= 15 is 0 Å². The molecule has 0 radical (unpaired) electrons. The lowest BCUT2D eigenvalue weighted by Gasteiger charge is -2.24. The number of anilines is 1. The second-order valence-corrected chi connectivity index (χ2v) is 6.44. The van der Waals surface area contributed by atoms with Crippen LogP contribution in [0.25, 0.3) is 0 Å². The minimum atomic E-state index is -0.0794. The molecule has 1 aromatic rings. The third-order valence-electron chi connectivity index (χ3n) is 4.69. The Kier molecular flexibility index (Phi) is 4.10. The SMILES string of the molecule is CNC(=O)c1ccc(NC(=S)N[C@H]2C[C@H]3CC[C@@H]2C3)cc1. The van der Waals surface area contributed by atoms with Crippen molar-refractivity contribution in [1.82, 2.24) is 10.6 Å². The van der Waals surface area contributed by atoms with Crippen LogP contribution in [0.5, 0.6) is 0 Å². The fourth-order valence-electron chi connectivity index (χ4n) is 3.61. The number of hydrogen-bond acceptors (Lipinski definition) is 2. The molecule has 0 spiro atoms. The Morgan fingerprint density at radius 3 is 2.52 bits per heavy atom. The van der Waals surface area contributed by atoms with E-state index in [1.54, 1.807) is 19.2 Å². The zero-order valence-corrected chi connectivity index (χ0v) is 13.0. The van der Waals surface area contributed by atoms with E-state index in [1.165, 1.54) is 25.7 Å². The first-order valence-corrected chi connectivity index (χ1v) is 7.96. The van der Waals surface area contributed by atoms with Gasteiger partial charge >= 0.3 is 0 Å². The topological polar surface area (TPSA) is 53.2 Å².